The second-order valence-electron chi connectivity index (χ2n) is 6.71. The molecule has 0 unspecified atom stereocenters. The van der Waals surface area contributed by atoms with E-state index in [1.54, 1.807) is 17.7 Å². The summed E-state index contributed by atoms with van der Waals surface area (Å²) in [7, 11) is 0. The molecular formula is C19H24N4O2S. The van der Waals surface area contributed by atoms with Gasteiger partial charge in [0.15, 0.2) is 0 Å². The lowest BCUT2D eigenvalue weighted by Gasteiger charge is -2.21. The molecule has 0 spiro atoms. The topological polar surface area (TPSA) is 82.4 Å². The van der Waals surface area contributed by atoms with Crippen LogP contribution in [0.25, 0.3) is 20.4 Å². The number of aromatic nitrogens is 3. The van der Waals surface area contributed by atoms with Gasteiger partial charge in [0, 0.05) is 24.2 Å². The lowest BCUT2D eigenvalue weighted by Crippen LogP contribution is -2.30. The number of aliphatic hydroxyl groups excluding tert-OH is 2. The van der Waals surface area contributed by atoms with Crippen LogP contribution in [0.15, 0.2) is 6.33 Å². The highest BCUT2D eigenvalue weighted by Gasteiger charge is 2.24. The summed E-state index contributed by atoms with van der Waals surface area (Å²) < 4.78 is 1.000. The first-order valence-corrected chi connectivity index (χ1v) is 10.1. The molecule has 0 fully saturated rings. The second-order valence-corrected chi connectivity index (χ2v) is 7.71. The zero-order valence-electron chi connectivity index (χ0n) is 15.0. The first-order chi connectivity index (χ1) is 12.8. The van der Waals surface area contributed by atoms with Gasteiger partial charge < -0.3 is 15.1 Å². The lowest BCUT2D eigenvalue weighted by atomic mass is 10.0. The number of fused-ring (bicyclic) bond motifs is 5. The Balaban J connectivity index is 1.96. The van der Waals surface area contributed by atoms with Gasteiger partial charge in [-0.1, -0.05) is 13.3 Å². The fraction of sp³-hybridized carbons (Fsp3) is 0.526. The zero-order valence-corrected chi connectivity index (χ0v) is 15.8. The van der Waals surface area contributed by atoms with Gasteiger partial charge in [0.05, 0.1) is 23.4 Å². The Labute approximate surface area is 156 Å². The minimum Gasteiger partial charge on any atom is -0.395 e. The van der Waals surface area contributed by atoms with Crippen LogP contribution in [-0.4, -0.2) is 51.5 Å². The van der Waals surface area contributed by atoms with Crippen LogP contribution in [0.5, 0.6) is 0 Å². The predicted molar refractivity (Wildman–Crippen MR) is 105 cm³/mol. The molecular weight excluding hydrogens is 348 g/mol. The van der Waals surface area contributed by atoms with E-state index in [0.717, 1.165) is 46.5 Å². The molecule has 1 aliphatic rings. The van der Waals surface area contributed by atoms with E-state index in [0.29, 0.717) is 13.1 Å². The molecule has 3 aromatic rings. The third kappa shape index (κ3) is 2.84. The molecule has 0 saturated carbocycles. The van der Waals surface area contributed by atoms with E-state index < -0.39 is 0 Å². The highest BCUT2D eigenvalue weighted by molar-refractivity contribution is 7.26. The van der Waals surface area contributed by atoms with Crippen LogP contribution in [0.4, 0.5) is 5.82 Å². The molecule has 138 valence electrons. The van der Waals surface area contributed by atoms with Crippen molar-refractivity contribution in [3.63, 3.8) is 0 Å². The van der Waals surface area contributed by atoms with E-state index >= 15 is 0 Å². The molecule has 3 aromatic heterocycles. The second kappa shape index (κ2) is 7.42. The fourth-order valence-electron chi connectivity index (χ4n) is 4.00. The summed E-state index contributed by atoms with van der Waals surface area (Å²) in [4.78, 5) is 17.0. The summed E-state index contributed by atoms with van der Waals surface area (Å²) in [5.74, 6) is 0.782. The van der Waals surface area contributed by atoms with E-state index in [2.05, 4.69) is 16.9 Å². The standard InChI is InChI=1S/C19H24N4O2S/c1-2-4-14-12-5-3-6-13(12)15-16-17(26-19(15)22-14)18(21-11-20-16)23(7-9-24)8-10-25/h11,24-25H,2-10H2,1H3. The molecule has 0 bridgehead atoms. The number of hydrogen-bond donors (Lipinski definition) is 2. The van der Waals surface area contributed by atoms with Crippen molar-refractivity contribution < 1.29 is 10.2 Å². The molecule has 1 aliphatic carbocycles. The molecule has 0 saturated heterocycles. The summed E-state index contributed by atoms with van der Waals surface area (Å²) >= 11 is 1.63. The SMILES string of the molecule is CCCc1nc2sc3c(N(CCO)CCO)ncnc3c2c2c1CCC2. The van der Waals surface area contributed by atoms with Gasteiger partial charge in [-0.25, -0.2) is 15.0 Å². The number of thiophene rings is 1. The molecule has 2 N–H and O–H groups in total. The Hall–Kier alpha value is -1.83. The summed E-state index contributed by atoms with van der Waals surface area (Å²) in [6.45, 7) is 3.11. The van der Waals surface area contributed by atoms with Gasteiger partial charge in [0.2, 0.25) is 0 Å². The van der Waals surface area contributed by atoms with E-state index in [9.17, 15) is 10.2 Å². The van der Waals surface area contributed by atoms with Crippen molar-refractivity contribution in [3.05, 3.63) is 23.1 Å². The van der Waals surface area contributed by atoms with Gasteiger partial charge in [-0.05, 0) is 36.8 Å². The Morgan fingerprint density at radius 3 is 2.62 bits per heavy atom. The number of pyridine rings is 1. The van der Waals surface area contributed by atoms with Gasteiger partial charge in [-0.15, -0.1) is 11.3 Å². The normalized spacial score (nSPS) is 13.7. The van der Waals surface area contributed by atoms with Crippen LogP contribution in [0, 0.1) is 0 Å². The molecule has 4 rings (SSSR count). The molecule has 7 heteroatoms. The number of hydrogen-bond acceptors (Lipinski definition) is 7. The average Bonchev–Trinajstić information content (AvgIpc) is 3.25. The minimum absolute atomic E-state index is 0.0185. The average molecular weight is 372 g/mol. The van der Waals surface area contributed by atoms with Crippen LogP contribution >= 0.6 is 11.3 Å². The Bertz CT molecular complexity index is 934. The largest absolute Gasteiger partial charge is 0.395 e. The number of anilines is 1. The first-order valence-electron chi connectivity index (χ1n) is 9.33. The monoisotopic (exact) mass is 372 g/mol. The summed E-state index contributed by atoms with van der Waals surface area (Å²) in [5.41, 5.74) is 5.06. The van der Waals surface area contributed by atoms with Crippen molar-refractivity contribution in [2.45, 2.75) is 39.0 Å². The van der Waals surface area contributed by atoms with Crippen LogP contribution in [0.3, 0.4) is 0 Å². The van der Waals surface area contributed by atoms with Crippen LogP contribution < -0.4 is 4.90 Å². The first kappa shape index (κ1) is 17.6. The van der Waals surface area contributed by atoms with E-state index in [4.69, 9.17) is 4.98 Å². The summed E-state index contributed by atoms with van der Waals surface area (Å²) in [5, 5.41) is 20.0. The molecule has 0 aliphatic heterocycles. The summed E-state index contributed by atoms with van der Waals surface area (Å²) in [6.07, 6.45) is 7.10. The maximum absolute atomic E-state index is 9.38. The number of aliphatic hydroxyl groups is 2. The van der Waals surface area contributed by atoms with Crippen molar-refractivity contribution in [3.8, 4) is 0 Å². The highest BCUT2D eigenvalue weighted by Crippen LogP contribution is 2.42. The summed E-state index contributed by atoms with van der Waals surface area (Å²) in [6, 6.07) is 0. The van der Waals surface area contributed by atoms with Crippen LogP contribution in [0.2, 0.25) is 0 Å². The minimum atomic E-state index is 0.0185. The van der Waals surface area contributed by atoms with Crippen molar-refractivity contribution >= 4 is 37.6 Å². The van der Waals surface area contributed by atoms with Gasteiger partial charge >= 0.3 is 0 Å². The number of rotatable bonds is 7. The van der Waals surface area contributed by atoms with Gasteiger partial charge in [0.25, 0.3) is 0 Å². The number of aryl methyl sites for hydroxylation is 2. The van der Waals surface area contributed by atoms with Crippen LogP contribution in [0.1, 0.15) is 36.6 Å². The third-order valence-corrected chi connectivity index (χ3v) is 6.13. The Morgan fingerprint density at radius 2 is 1.88 bits per heavy atom. The van der Waals surface area contributed by atoms with Gasteiger partial charge in [-0.2, -0.15) is 0 Å². The zero-order chi connectivity index (χ0) is 18.1. The third-order valence-electron chi connectivity index (χ3n) is 5.07. The van der Waals surface area contributed by atoms with Crippen LogP contribution in [-0.2, 0) is 19.3 Å². The molecule has 3 heterocycles. The quantitative estimate of drug-likeness (QED) is 0.663. The molecule has 0 atom stereocenters. The smallest absolute Gasteiger partial charge is 0.150 e. The van der Waals surface area contributed by atoms with Gasteiger partial charge in [0.1, 0.15) is 17.0 Å². The predicted octanol–water partition coefficient (Wildman–Crippen LogP) is 2.47. The van der Waals surface area contributed by atoms with Crippen molar-refractivity contribution in [1.82, 2.24) is 15.0 Å². The van der Waals surface area contributed by atoms with E-state index in [1.165, 1.54) is 28.6 Å². The molecule has 26 heavy (non-hydrogen) atoms. The van der Waals surface area contributed by atoms with E-state index in [-0.39, 0.29) is 13.2 Å². The Morgan fingerprint density at radius 1 is 1.12 bits per heavy atom. The highest BCUT2D eigenvalue weighted by atomic mass is 32.1. The van der Waals surface area contributed by atoms with Crippen molar-refractivity contribution in [2.75, 3.05) is 31.2 Å². The fourth-order valence-corrected chi connectivity index (χ4v) is 5.19. The Kier molecular flexibility index (Phi) is 5.02. The van der Waals surface area contributed by atoms with Gasteiger partial charge in [-0.3, -0.25) is 0 Å². The van der Waals surface area contributed by atoms with E-state index in [1.807, 2.05) is 4.90 Å². The molecule has 0 amide bonds. The van der Waals surface area contributed by atoms with Crippen molar-refractivity contribution in [1.29, 1.82) is 0 Å². The molecule has 0 radical (unpaired) electrons. The van der Waals surface area contributed by atoms with Crippen molar-refractivity contribution in [2.24, 2.45) is 0 Å². The maximum atomic E-state index is 9.38. The lowest BCUT2D eigenvalue weighted by molar-refractivity contribution is 0.281. The molecule has 0 aromatic carbocycles. The maximum Gasteiger partial charge on any atom is 0.150 e. The molecule has 6 nitrogen and oxygen atoms in total. The number of nitrogens with zero attached hydrogens (tertiary/aromatic N) is 4.